The molecule has 2 aromatic rings. The summed E-state index contributed by atoms with van der Waals surface area (Å²) >= 11 is 1.52. The van der Waals surface area contributed by atoms with Crippen molar-refractivity contribution in [2.75, 3.05) is 7.11 Å². The molecule has 2 nitrogen and oxygen atoms in total. The van der Waals surface area contributed by atoms with Crippen molar-refractivity contribution in [1.29, 1.82) is 0 Å². The molecule has 0 atom stereocenters. The van der Waals surface area contributed by atoms with Crippen molar-refractivity contribution in [3.63, 3.8) is 0 Å². The summed E-state index contributed by atoms with van der Waals surface area (Å²) in [7, 11) is 1.62. The highest BCUT2D eigenvalue weighted by Gasteiger charge is 2.12. The molecule has 0 saturated carbocycles. The SMILES string of the molecule is COc1cc(C(=O)c2ccc(C)s2)ccc1C. The number of methoxy groups -OCH3 is 1. The first kappa shape index (κ1) is 11.9. The van der Waals surface area contributed by atoms with E-state index in [1.165, 1.54) is 11.3 Å². The molecule has 0 bridgehead atoms. The number of rotatable bonds is 3. The summed E-state index contributed by atoms with van der Waals surface area (Å²) in [5.74, 6) is 0.811. The van der Waals surface area contributed by atoms with Crippen LogP contribution in [0, 0.1) is 13.8 Å². The summed E-state index contributed by atoms with van der Waals surface area (Å²) in [6.45, 7) is 3.96. The predicted octanol–water partition coefficient (Wildman–Crippen LogP) is 3.60. The van der Waals surface area contributed by atoms with E-state index in [0.29, 0.717) is 5.56 Å². The molecule has 0 aliphatic carbocycles. The molecule has 0 aliphatic rings. The number of carbonyl (C=O) groups excluding carboxylic acids is 1. The van der Waals surface area contributed by atoms with Crippen LogP contribution in [0.3, 0.4) is 0 Å². The number of hydrogen-bond acceptors (Lipinski definition) is 3. The van der Waals surface area contributed by atoms with Crippen molar-refractivity contribution in [3.05, 3.63) is 51.2 Å². The zero-order valence-electron chi connectivity index (χ0n) is 10.1. The van der Waals surface area contributed by atoms with E-state index < -0.39 is 0 Å². The van der Waals surface area contributed by atoms with Gasteiger partial charge in [-0.3, -0.25) is 4.79 Å². The van der Waals surface area contributed by atoms with Gasteiger partial charge in [-0.2, -0.15) is 0 Å². The Bertz CT molecular complexity index is 555. The summed E-state index contributed by atoms with van der Waals surface area (Å²) in [5, 5.41) is 0. The lowest BCUT2D eigenvalue weighted by Gasteiger charge is -2.06. The van der Waals surface area contributed by atoms with Gasteiger partial charge >= 0.3 is 0 Å². The van der Waals surface area contributed by atoms with Crippen LogP contribution in [0.1, 0.15) is 25.7 Å². The lowest BCUT2D eigenvalue weighted by molar-refractivity contribution is 0.104. The standard InChI is InChI=1S/C14H14O2S/c1-9-4-6-11(8-12(9)16-3)14(15)13-7-5-10(2)17-13/h4-8H,1-3H3. The van der Waals surface area contributed by atoms with Gasteiger partial charge in [0.05, 0.1) is 12.0 Å². The van der Waals surface area contributed by atoms with Gasteiger partial charge in [-0.1, -0.05) is 12.1 Å². The van der Waals surface area contributed by atoms with Gasteiger partial charge in [0, 0.05) is 10.4 Å². The van der Waals surface area contributed by atoms with Crippen LogP contribution in [-0.4, -0.2) is 12.9 Å². The maximum Gasteiger partial charge on any atom is 0.203 e. The van der Waals surface area contributed by atoms with Gasteiger partial charge in [-0.05, 0) is 37.6 Å². The fourth-order valence-corrected chi connectivity index (χ4v) is 2.49. The third-order valence-electron chi connectivity index (χ3n) is 2.63. The second-order valence-electron chi connectivity index (χ2n) is 3.92. The molecule has 1 aromatic carbocycles. The number of thiophene rings is 1. The topological polar surface area (TPSA) is 26.3 Å². The summed E-state index contributed by atoms with van der Waals surface area (Å²) in [5.41, 5.74) is 1.71. The maximum atomic E-state index is 12.2. The second kappa shape index (κ2) is 4.72. The van der Waals surface area contributed by atoms with Crippen molar-refractivity contribution in [3.8, 4) is 5.75 Å². The Balaban J connectivity index is 2.37. The van der Waals surface area contributed by atoms with Crippen LogP contribution in [0.2, 0.25) is 0 Å². The molecule has 0 radical (unpaired) electrons. The fourth-order valence-electron chi connectivity index (χ4n) is 1.66. The number of carbonyl (C=O) groups is 1. The highest BCUT2D eigenvalue weighted by molar-refractivity contribution is 7.14. The molecule has 0 saturated heterocycles. The molecule has 17 heavy (non-hydrogen) atoms. The van der Waals surface area contributed by atoms with Crippen LogP contribution in [-0.2, 0) is 0 Å². The van der Waals surface area contributed by atoms with Crippen molar-refractivity contribution >= 4 is 17.1 Å². The minimum absolute atomic E-state index is 0.0569. The van der Waals surface area contributed by atoms with E-state index in [2.05, 4.69) is 0 Å². The average molecular weight is 246 g/mol. The minimum atomic E-state index is 0.0569. The predicted molar refractivity (Wildman–Crippen MR) is 70.2 cm³/mol. The Labute approximate surface area is 105 Å². The number of hydrogen-bond donors (Lipinski definition) is 0. The van der Waals surface area contributed by atoms with Crippen molar-refractivity contribution in [2.45, 2.75) is 13.8 Å². The molecule has 1 aromatic heterocycles. The Morgan fingerprint density at radius 3 is 2.53 bits per heavy atom. The largest absolute Gasteiger partial charge is 0.496 e. The van der Waals surface area contributed by atoms with E-state index in [1.807, 2.05) is 38.1 Å². The van der Waals surface area contributed by atoms with E-state index in [1.54, 1.807) is 13.2 Å². The molecule has 0 amide bonds. The first-order chi connectivity index (χ1) is 8.11. The van der Waals surface area contributed by atoms with Crippen LogP contribution in [0.25, 0.3) is 0 Å². The Hall–Kier alpha value is -1.61. The lowest BCUT2D eigenvalue weighted by Crippen LogP contribution is -1.99. The van der Waals surface area contributed by atoms with Gasteiger partial charge in [-0.25, -0.2) is 0 Å². The third-order valence-corrected chi connectivity index (χ3v) is 3.63. The zero-order chi connectivity index (χ0) is 12.4. The van der Waals surface area contributed by atoms with Gasteiger partial charge < -0.3 is 4.74 Å². The van der Waals surface area contributed by atoms with Gasteiger partial charge in [0.25, 0.3) is 0 Å². The molecule has 0 unspecified atom stereocenters. The zero-order valence-corrected chi connectivity index (χ0v) is 10.9. The van der Waals surface area contributed by atoms with Crippen LogP contribution >= 0.6 is 11.3 Å². The van der Waals surface area contributed by atoms with Gasteiger partial charge in [0.15, 0.2) is 0 Å². The number of ketones is 1. The van der Waals surface area contributed by atoms with E-state index in [-0.39, 0.29) is 5.78 Å². The maximum absolute atomic E-state index is 12.2. The van der Waals surface area contributed by atoms with Crippen LogP contribution in [0.4, 0.5) is 0 Å². The van der Waals surface area contributed by atoms with Gasteiger partial charge in [0.1, 0.15) is 5.75 Å². The molecular weight excluding hydrogens is 232 g/mol. The normalized spacial score (nSPS) is 10.3. The number of aryl methyl sites for hydroxylation is 2. The van der Waals surface area contributed by atoms with Gasteiger partial charge in [0.2, 0.25) is 5.78 Å². The average Bonchev–Trinajstić information content (AvgIpc) is 2.75. The summed E-state index contributed by atoms with van der Waals surface area (Å²) < 4.78 is 5.23. The van der Waals surface area contributed by atoms with E-state index >= 15 is 0 Å². The highest BCUT2D eigenvalue weighted by Crippen LogP contribution is 2.23. The first-order valence-corrected chi connectivity index (χ1v) is 6.19. The molecule has 1 heterocycles. The van der Waals surface area contributed by atoms with E-state index in [0.717, 1.165) is 21.1 Å². The molecule has 88 valence electrons. The molecule has 0 spiro atoms. The summed E-state index contributed by atoms with van der Waals surface area (Å²) in [6.07, 6.45) is 0. The molecule has 2 rings (SSSR count). The Morgan fingerprint density at radius 1 is 1.18 bits per heavy atom. The summed E-state index contributed by atoms with van der Waals surface area (Å²) in [4.78, 5) is 14.1. The minimum Gasteiger partial charge on any atom is -0.496 e. The lowest BCUT2D eigenvalue weighted by atomic mass is 10.1. The fraction of sp³-hybridized carbons (Fsp3) is 0.214. The number of benzene rings is 1. The quantitative estimate of drug-likeness (QED) is 0.773. The highest BCUT2D eigenvalue weighted by atomic mass is 32.1. The van der Waals surface area contributed by atoms with E-state index in [9.17, 15) is 4.79 Å². The third kappa shape index (κ3) is 2.39. The van der Waals surface area contributed by atoms with Gasteiger partial charge in [-0.15, -0.1) is 11.3 Å². The van der Waals surface area contributed by atoms with Crippen molar-refractivity contribution in [1.82, 2.24) is 0 Å². The Morgan fingerprint density at radius 2 is 1.94 bits per heavy atom. The van der Waals surface area contributed by atoms with Crippen LogP contribution < -0.4 is 4.74 Å². The second-order valence-corrected chi connectivity index (χ2v) is 5.21. The summed E-state index contributed by atoms with van der Waals surface area (Å²) in [6, 6.07) is 9.38. The molecule has 0 aliphatic heterocycles. The smallest absolute Gasteiger partial charge is 0.203 e. The van der Waals surface area contributed by atoms with Crippen LogP contribution in [0.15, 0.2) is 30.3 Å². The monoisotopic (exact) mass is 246 g/mol. The molecule has 0 fully saturated rings. The van der Waals surface area contributed by atoms with Crippen LogP contribution in [0.5, 0.6) is 5.75 Å². The Kier molecular flexibility index (Phi) is 3.29. The molecule has 3 heteroatoms. The number of ether oxygens (including phenoxy) is 1. The van der Waals surface area contributed by atoms with Crippen molar-refractivity contribution < 1.29 is 9.53 Å². The van der Waals surface area contributed by atoms with E-state index in [4.69, 9.17) is 4.74 Å². The molecule has 0 N–H and O–H groups in total. The molecular formula is C14H14O2S. The van der Waals surface area contributed by atoms with Crippen molar-refractivity contribution in [2.24, 2.45) is 0 Å². The first-order valence-electron chi connectivity index (χ1n) is 5.37.